The van der Waals surface area contributed by atoms with Gasteiger partial charge in [0, 0.05) is 6.42 Å². The summed E-state index contributed by atoms with van der Waals surface area (Å²) < 4.78 is 4.72. The molecule has 0 aliphatic heterocycles. The van der Waals surface area contributed by atoms with Crippen LogP contribution in [0, 0.1) is 0 Å². The molecule has 1 aromatic heterocycles. The second-order valence-corrected chi connectivity index (χ2v) is 6.45. The molecule has 0 atom stereocenters. The summed E-state index contributed by atoms with van der Waals surface area (Å²) in [5.74, 6) is 1.50. The van der Waals surface area contributed by atoms with E-state index in [0.717, 1.165) is 6.54 Å². The lowest BCUT2D eigenvalue weighted by atomic mass is 10.1. The molecule has 0 aromatic carbocycles. The molecular weight excluding hydrogens is 256 g/mol. The normalized spacial score (nSPS) is 11.2. The van der Waals surface area contributed by atoms with Crippen LogP contribution < -0.4 is 4.57 Å². The first-order valence-corrected chi connectivity index (χ1v) is 9.33. The molecule has 0 fully saturated rings. The Labute approximate surface area is 132 Å². The maximum Gasteiger partial charge on any atom is 0.256 e. The fourth-order valence-corrected chi connectivity index (χ4v) is 3.09. The van der Waals surface area contributed by atoms with Crippen LogP contribution in [-0.4, -0.2) is 4.57 Å². The molecule has 1 aromatic rings. The zero-order valence-electron chi connectivity index (χ0n) is 14.7. The first-order chi connectivity index (χ1) is 10.3. The zero-order valence-corrected chi connectivity index (χ0v) is 14.7. The van der Waals surface area contributed by atoms with Crippen molar-refractivity contribution in [2.45, 2.75) is 97.4 Å². The third kappa shape index (κ3) is 7.68. The van der Waals surface area contributed by atoms with Crippen LogP contribution >= 0.6 is 0 Å². The van der Waals surface area contributed by atoms with Crippen molar-refractivity contribution in [3.05, 3.63) is 18.2 Å². The number of hydrogen-bond acceptors (Lipinski definition) is 0. The molecule has 2 nitrogen and oxygen atoms in total. The van der Waals surface area contributed by atoms with Crippen LogP contribution in [-0.2, 0) is 20.0 Å². The molecule has 0 aliphatic carbocycles. The van der Waals surface area contributed by atoms with Crippen molar-refractivity contribution in [1.82, 2.24) is 4.57 Å². The van der Waals surface area contributed by atoms with Crippen molar-refractivity contribution < 1.29 is 4.57 Å². The summed E-state index contributed by atoms with van der Waals surface area (Å²) in [4.78, 5) is 0. The van der Waals surface area contributed by atoms with Crippen molar-refractivity contribution in [1.29, 1.82) is 0 Å². The molecule has 1 heterocycles. The van der Waals surface area contributed by atoms with Crippen molar-refractivity contribution in [3.8, 4) is 0 Å². The molecule has 0 radical (unpaired) electrons. The third-order valence-corrected chi connectivity index (χ3v) is 4.43. The van der Waals surface area contributed by atoms with Crippen LogP contribution in [0.5, 0.6) is 0 Å². The molecule has 0 unspecified atom stereocenters. The standard InChI is InChI=1S/C19H37N2/c1-4-6-7-8-9-10-11-12-13-14-15-19-20(3)17-18-21(19)16-5-2/h17-18H,4-16H2,1-3H3/q+1. The lowest BCUT2D eigenvalue weighted by molar-refractivity contribution is -0.678. The summed E-state index contributed by atoms with van der Waals surface area (Å²) >= 11 is 0. The van der Waals surface area contributed by atoms with Crippen molar-refractivity contribution in [2.24, 2.45) is 7.05 Å². The molecule has 0 spiro atoms. The molecule has 1 rings (SSSR count). The van der Waals surface area contributed by atoms with Crippen molar-refractivity contribution in [3.63, 3.8) is 0 Å². The van der Waals surface area contributed by atoms with Gasteiger partial charge < -0.3 is 0 Å². The lowest BCUT2D eigenvalue weighted by Gasteiger charge is -2.03. The van der Waals surface area contributed by atoms with Gasteiger partial charge in [-0.2, -0.15) is 0 Å². The summed E-state index contributed by atoms with van der Waals surface area (Å²) in [6, 6.07) is 0. The molecule has 21 heavy (non-hydrogen) atoms. The van der Waals surface area contributed by atoms with Crippen molar-refractivity contribution in [2.75, 3.05) is 0 Å². The third-order valence-electron chi connectivity index (χ3n) is 4.43. The van der Waals surface area contributed by atoms with E-state index in [2.05, 4.69) is 42.4 Å². The van der Waals surface area contributed by atoms with Crippen molar-refractivity contribution >= 4 is 0 Å². The van der Waals surface area contributed by atoms with Gasteiger partial charge in [0.1, 0.15) is 12.4 Å². The Morgan fingerprint density at radius 2 is 1.38 bits per heavy atom. The smallest absolute Gasteiger partial charge is 0.237 e. The van der Waals surface area contributed by atoms with Gasteiger partial charge in [0.05, 0.1) is 13.6 Å². The molecule has 0 saturated carbocycles. The van der Waals surface area contributed by atoms with Gasteiger partial charge in [-0.3, -0.25) is 0 Å². The fraction of sp³-hybridized carbons (Fsp3) is 0.842. The van der Waals surface area contributed by atoms with Gasteiger partial charge >= 0.3 is 0 Å². The summed E-state index contributed by atoms with van der Waals surface area (Å²) in [7, 11) is 2.18. The summed E-state index contributed by atoms with van der Waals surface area (Å²) in [6.45, 7) is 5.70. The van der Waals surface area contributed by atoms with E-state index in [1.165, 1.54) is 82.9 Å². The van der Waals surface area contributed by atoms with Gasteiger partial charge in [-0.1, -0.05) is 71.6 Å². The van der Waals surface area contributed by atoms with E-state index >= 15 is 0 Å². The highest BCUT2D eigenvalue weighted by molar-refractivity contribution is 4.83. The Morgan fingerprint density at radius 1 is 0.810 bits per heavy atom. The minimum absolute atomic E-state index is 1.16. The minimum atomic E-state index is 1.16. The number of unbranched alkanes of at least 4 members (excludes halogenated alkanes) is 9. The van der Waals surface area contributed by atoms with E-state index in [9.17, 15) is 0 Å². The largest absolute Gasteiger partial charge is 0.256 e. The fourth-order valence-electron chi connectivity index (χ4n) is 3.09. The van der Waals surface area contributed by atoms with E-state index in [1.807, 2.05) is 0 Å². The number of imidazole rings is 1. The predicted molar refractivity (Wildman–Crippen MR) is 91.4 cm³/mol. The molecule has 0 amide bonds. The van der Waals surface area contributed by atoms with Crippen LogP contribution in [0.1, 0.15) is 90.3 Å². The first-order valence-electron chi connectivity index (χ1n) is 9.33. The van der Waals surface area contributed by atoms with E-state index in [0.29, 0.717) is 0 Å². The topological polar surface area (TPSA) is 8.81 Å². The van der Waals surface area contributed by atoms with Gasteiger partial charge in [0.2, 0.25) is 0 Å². The highest BCUT2D eigenvalue weighted by Gasteiger charge is 2.12. The maximum atomic E-state index is 2.42. The Kier molecular flexibility index (Phi) is 10.3. The Balaban J connectivity index is 2.03. The van der Waals surface area contributed by atoms with Crippen LogP contribution in [0.4, 0.5) is 0 Å². The van der Waals surface area contributed by atoms with E-state index in [4.69, 9.17) is 0 Å². The molecule has 0 saturated heterocycles. The van der Waals surface area contributed by atoms with Crippen LogP contribution in [0.3, 0.4) is 0 Å². The SMILES string of the molecule is CCCCCCCCCCCCc1n(CCC)cc[n+]1C. The first kappa shape index (κ1) is 18.3. The number of nitrogens with zero attached hydrogens (tertiary/aromatic N) is 2. The molecular formula is C19H37N2+. The number of aromatic nitrogens is 2. The van der Waals surface area contributed by atoms with Crippen LogP contribution in [0.2, 0.25) is 0 Å². The minimum Gasteiger partial charge on any atom is -0.237 e. The van der Waals surface area contributed by atoms with Gasteiger partial charge in [-0.25, -0.2) is 9.13 Å². The highest BCUT2D eigenvalue weighted by atomic mass is 15.1. The molecule has 122 valence electrons. The monoisotopic (exact) mass is 293 g/mol. The average molecular weight is 294 g/mol. The Morgan fingerprint density at radius 3 is 1.95 bits per heavy atom. The van der Waals surface area contributed by atoms with E-state index in [1.54, 1.807) is 0 Å². The van der Waals surface area contributed by atoms with E-state index in [-0.39, 0.29) is 0 Å². The molecule has 0 bridgehead atoms. The quantitative estimate of drug-likeness (QED) is 0.350. The van der Waals surface area contributed by atoms with Crippen LogP contribution in [0.15, 0.2) is 12.4 Å². The Hall–Kier alpha value is -0.790. The number of aryl methyl sites for hydroxylation is 2. The van der Waals surface area contributed by atoms with Crippen LogP contribution in [0.25, 0.3) is 0 Å². The lowest BCUT2D eigenvalue weighted by Crippen LogP contribution is -2.32. The molecule has 2 heteroatoms. The van der Waals surface area contributed by atoms with E-state index < -0.39 is 0 Å². The van der Waals surface area contributed by atoms with Gasteiger partial charge in [0.15, 0.2) is 0 Å². The maximum absolute atomic E-state index is 2.42. The second-order valence-electron chi connectivity index (χ2n) is 6.45. The summed E-state index contributed by atoms with van der Waals surface area (Å²) in [5, 5.41) is 0. The zero-order chi connectivity index (χ0) is 15.3. The van der Waals surface area contributed by atoms with Gasteiger partial charge in [-0.15, -0.1) is 0 Å². The summed E-state index contributed by atoms with van der Waals surface area (Å²) in [5.41, 5.74) is 0. The summed E-state index contributed by atoms with van der Waals surface area (Å²) in [6.07, 6.45) is 21.1. The van der Waals surface area contributed by atoms with Gasteiger partial charge in [-0.05, 0) is 12.8 Å². The predicted octanol–water partition coefficient (Wildman–Crippen LogP) is 5.19. The molecule has 0 N–H and O–H groups in total. The molecule has 0 aliphatic rings. The second kappa shape index (κ2) is 11.8. The number of rotatable bonds is 13. The number of hydrogen-bond donors (Lipinski definition) is 0. The average Bonchev–Trinajstić information content (AvgIpc) is 2.82. The highest BCUT2D eigenvalue weighted by Crippen LogP contribution is 2.11. The Bertz CT molecular complexity index is 354. The van der Waals surface area contributed by atoms with Gasteiger partial charge in [0.25, 0.3) is 5.82 Å².